The molecular weight excluding hydrogens is 483 g/mol. The maximum atomic E-state index is 7.50. The summed E-state index contributed by atoms with van der Waals surface area (Å²) in [6.45, 7) is 29.9. The van der Waals surface area contributed by atoms with E-state index in [2.05, 4.69) is 84.4 Å². The molecule has 2 fully saturated rings. The molecule has 0 spiro atoms. The molecule has 160 valence electrons. The number of rotatable bonds is 3. The fourth-order valence-corrected chi connectivity index (χ4v) is 7.73. The third-order valence-corrected chi connectivity index (χ3v) is 8.29. The van der Waals surface area contributed by atoms with Crippen molar-refractivity contribution in [1.82, 2.24) is 0 Å². The minimum Gasteiger partial charge on any atom is 0 e. The number of hydrogen-bond acceptors (Lipinski definition) is 0. The fraction of sp³-hybridized carbons (Fsp3) is 0.522. The molecule has 2 aliphatic rings. The Hall–Kier alpha value is -0.962. The Labute approximate surface area is 196 Å². The van der Waals surface area contributed by atoms with Crippen LogP contribution in [0.25, 0.3) is 0 Å². The fourth-order valence-electron chi connectivity index (χ4n) is 4.02. The molecule has 1 aromatic rings. The van der Waals surface area contributed by atoms with Crippen molar-refractivity contribution in [2.24, 2.45) is 17.8 Å². The van der Waals surface area contributed by atoms with E-state index in [0.29, 0.717) is 7.92 Å². The van der Waals surface area contributed by atoms with Crippen LogP contribution in [0.2, 0.25) is 0 Å². The van der Waals surface area contributed by atoms with Crippen molar-refractivity contribution >= 4 is 7.92 Å². The van der Waals surface area contributed by atoms with Gasteiger partial charge in [0.15, 0.2) is 0 Å². The molecule has 0 aromatic heterocycles. The van der Waals surface area contributed by atoms with Crippen LogP contribution in [0, 0.1) is 51.0 Å². The summed E-state index contributed by atoms with van der Waals surface area (Å²) in [5.74, 6) is 2.87. The molecular formula is C23H27MoO5P. The molecule has 1 aromatic carbocycles. The van der Waals surface area contributed by atoms with Crippen LogP contribution in [0.3, 0.4) is 0 Å². The Morgan fingerprint density at radius 2 is 1.30 bits per heavy atom. The Bertz CT molecular complexity index is 589. The van der Waals surface area contributed by atoms with Gasteiger partial charge in [-0.2, -0.15) is 0 Å². The van der Waals surface area contributed by atoms with Gasteiger partial charge in [-0.3, -0.25) is 0 Å². The summed E-state index contributed by atoms with van der Waals surface area (Å²) >= 11 is 0. The van der Waals surface area contributed by atoms with Crippen LogP contribution in [0.5, 0.6) is 0 Å². The Balaban J connectivity index is -0.000000271. The van der Waals surface area contributed by atoms with Crippen LogP contribution in [-0.2, 0) is 44.3 Å². The first kappa shape index (κ1) is 36.4. The van der Waals surface area contributed by atoms with E-state index in [9.17, 15) is 0 Å². The van der Waals surface area contributed by atoms with E-state index in [1.807, 2.05) is 0 Å². The largest absolute Gasteiger partial charge is 0 e. The Kier molecular flexibility index (Phi) is 29.5. The topological polar surface area (TPSA) is 99.5 Å². The van der Waals surface area contributed by atoms with Crippen molar-refractivity contribution in [3.8, 4) is 0 Å². The van der Waals surface area contributed by atoms with E-state index >= 15 is 0 Å². The van der Waals surface area contributed by atoms with Gasteiger partial charge in [-0.1, -0.05) is 65.4 Å². The summed E-state index contributed by atoms with van der Waals surface area (Å²) in [4.78, 5) is 0. The van der Waals surface area contributed by atoms with E-state index in [0.717, 1.165) is 29.1 Å². The second-order valence-corrected chi connectivity index (χ2v) is 9.70. The summed E-state index contributed by atoms with van der Waals surface area (Å²) in [5, 5.41) is 0. The van der Waals surface area contributed by atoms with Crippen LogP contribution in [0.1, 0.15) is 51.3 Å². The molecule has 1 saturated heterocycles. The van der Waals surface area contributed by atoms with Gasteiger partial charge >= 0.3 is 56.5 Å². The van der Waals surface area contributed by atoms with Crippen LogP contribution in [0.4, 0.5) is 0 Å². The van der Waals surface area contributed by atoms with Crippen molar-refractivity contribution in [2.45, 2.75) is 51.4 Å². The van der Waals surface area contributed by atoms with E-state index in [-0.39, 0.29) is 21.1 Å². The first-order valence-electron chi connectivity index (χ1n) is 8.99. The van der Waals surface area contributed by atoms with E-state index in [1.54, 1.807) is 5.56 Å². The van der Waals surface area contributed by atoms with Crippen molar-refractivity contribution in [3.05, 3.63) is 69.1 Å². The van der Waals surface area contributed by atoms with E-state index < -0.39 is 0 Å². The maximum absolute atomic E-state index is 7.50. The van der Waals surface area contributed by atoms with Gasteiger partial charge < -0.3 is 0 Å². The first-order valence-corrected chi connectivity index (χ1v) is 10.7. The summed E-state index contributed by atoms with van der Waals surface area (Å²) in [6.07, 6.45) is 5.99. The van der Waals surface area contributed by atoms with Crippen LogP contribution < -0.4 is 0 Å². The second kappa shape index (κ2) is 24.3. The molecule has 0 radical (unpaired) electrons. The molecule has 3 rings (SSSR count). The van der Waals surface area contributed by atoms with Crippen molar-refractivity contribution < 1.29 is 44.3 Å². The number of hydrogen-bond donors (Lipinski definition) is 0. The average molecular weight is 510 g/mol. The zero-order valence-corrected chi connectivity index (χ0v) is 20.4. The Morgan fingerprint density at radius 1 is 0.833 bits per heavy atom. The molecule has 1 aliphatic carbocycles. The molecule has 0 unspecified atom stereocenters. The van der Waals surface area contributed by atoms with Crippen molar-refractivity contribution in [3.63, 3.8) is 0 Å². The maximum Gasteiger partial charge on any atom is 0 e. The molecule has 5 nitrogen and oxygen atoms in total. The summed E-state index contributed by atoms with van der Waals surface area (Å²) in [6, 6.07) is 11.3. The third kappa shape index (κ3) is 12.7. The molecule has 1 saturated carbocycles. The molecule has 30 heavy (non-hydrogen) atoms. The van der Waals surface area contributed by atoms with Gasteiger partial charge in [-0.25, -0.2) is 0 Å². The average Bonchev–Trinajstić information content (AvgIpc) is 3.62. The van der Waals surface area contributed by atoms with Gasteiger partial charge in [-0.15, -0.1) is 0 Å². The number of benzene rings is 1. The quantitative estimate of drug-likeness (QED) is 0.222. The van der Waals surface area contributed by atoms with Gasteiger partial charge in [0.2, 0.25) is 0 Å². The molecule has 0 bridgehead atoms. The minimum absolute atomic E-state index is 0. The van der Waals surface area contributed by atoms with Gasteiger partial charge in [0, 0.05) is 26.7 Å². The van der Waals surface area contributed by atoms with Crippen LogP contribution >= 0.6 is 7.92 Å². The minimum atomic E-state index is 0. The zero-order valence-electron chi connectivity index (χ0n) is 17.5. The zero-order chi connectivity index (χ0) is 23.4. The summed E-state index contributed by atoms with van der Waals surface area (Å²) in [7, 11) is 0.293. The van der Waals surface area contributed by atoms with E-state index in [1.165, 1.54) is 25.4 Å². The summed E-state index contributed by atoms with van der Waals surface area (Å²) in [5.41, 5.74) is 3.62. The van der Waals surface area contributed by atoms with Crippen molar-refractivity contribution in [2.75, 3.05) is 6.16 Å². The predicted octanol–water partition coefficient (Wildman–Crippen LogP) is 5.49. The van der Waals surface area contributed by atoms with Gasteiger partial charge in [-0.05, 0) is 48.0 Å². The van der Waals surface area contributed by atoms with Crippen molar-refractivity contribution in [1.29, 1.82) is 0 Å². The first-order chi connectivity index (χ1) is 14.2. The smallest absolute Gasteiger partial charge is 0 e. The third-order valence-electron chi connectivity index (χ3n) is 5.25. The van der Waals surface area contributed by atoms with E-state index in [4.69, 9.17) is 23.3 Å². The van der Waals surface area contributed by atoms with Crippen LogP contribution in [-0.4, -0.2) is 11.8 Å². The normalized spacial score (nSPS) is 24.7. The SMILES string of the molecule is CC(C)[C@@H]1CC[C@@H](C)C[C@H]1[P@@]1C[C@@H]1c1ccccc1.[C-]#[O+].[C-]#[O+].[C-]#[O+].[C-]#[O+].[C-]#[O+].[Mo]. The molecule has 1 aliphatic heterocycles. The van der Waals surface area contributed by atoms with Gasteiger partial charge in [0.25, 0.3) is 0 Å². The summed E-state index contributed by atoms with van der Waals surface area (Å²) < 4.78 is 37.5. The molecule has 5 atom stereocenters. The Morgan fingerprint density at radius 3 is 1.73 bits per heavy atom. The van der Waals surface area contributed by atoms with Gasteiger partial charge in [0.05, 0.1) is 0 Å². The molecule has 0 N–H and O–H groups in total. The molecule has 1 heterocycles. The second-order valence-electron chi connectivity index (χ2n) is 7.02. The predicted molar refractivity (Wildman–Crippen MR) is 106 cm³/mol. The standard InChI is InChI=1S/C18H27P.5CO.Mo/c1-13(2)16-10-9-14(3)11-17(16)19-12-18(19)15-7-5-4-6-8-15;5*1-2;/h4-8,13-14,16-18H,9-12H2,1-3H3;;;;;;/t14-,16+,17-,18-,19-;;;;;;/m1....../s1. The van der Waals surface area contributed by atoms with Crippen LogP contribution in [0.15, 0.2) is 30.3 Å². The molecule has 7 heteroatoms. The monoisotopic (exact) mass is 512 g/mol. The van der Waals surface area contributed by atoms with Gasteiger partial charge in [0.1, 0.15) is 0 Å². The molecule has 0 amide bonds.